The van der Waals surface area contributed by atoms with Gasteiger partial charge in [0.2, 0.25) is 0 Å². The van der Waals surface area contributed by atoms with E-state index >= 15 is 0 Å². The monoisotopic (exact) mass is 267 g/mol. The van der Waals surface area contributed by atoms with Gasteiger partial charge in [0.1, 0.15) is 0 Å². The van der Waals surface area contributed by atoms with Gasteiger partial charge in [-0.1, -0.05) is 24.6 Å². The minimum atomic E-state index is -0.123. The van der Waals surface area contributed by atoms with E-state index in [1.54, 1.807) is 18.2 Å². The second-order valence-corrected chi connectivity index (χ2v) is 5.21. The third-order valence-electron chi connectivity index (χ3n) is 3.35. The number of anilines is 2. The summed E-state index contributed by atoms with van der Waals surface area (Å²) in [5.41, 5.74) is 6.79. The normalized spacial score (nSPS) is 16.7. The molecule has 3 N–H and O–H groups in total. The number of piperidine rings is 1. The zero-order chi connectivity index (χ0) is 13.1. The summed E-state index contributed by atoms with van der Waals surface area (Å²) in [6, 6.07) is 5.07. The molecular formula is C13H18ClN3O. The third-order valence-corrected chi connectivity index (χ3v) is 3.66. The minimum absolute atomic E-state index is 0.123. The second-order valence-electron chi connectivity index (χ2n) is 4.80. The molecule has 0 radical (unpaired) electrons. The van der Waals surface area contributed by atoms with Crippen LogP contribution in [-0.2, 0) is 0 Å². The fraction of sp³-hybridized carbons (Fsp3) is 0.462. The van der Waals surface area contributed by atoms with Gasteiger partial charge in [0.25, 0.3) is 0 Å². The Morgan fingerprint density at radius 2 is 2.11 bits per heavy atom. The van der Waals surface area contributed by atoms with Gasteiger partial charge >= 0.3 is 6.03 Å². The molecule has 0 aromatic heterocycles. The molecule has 18 heavy (non-hydrogen) atoms. The molecule has 2 amide bonds. The van der Waals surface area contributed by atoms with E-state index in [0.29, 0.717) is 22.3 Å². The number of benzene rings is 1. The lowest BCUT2D eigenvalue weighted by Crippen LogP contribution is -2.40. The number of halogens is 1. The van der Waals surface area contributed by atoms with E-state index < -0.39 is 0 Å². The molecular weight excluding hydrogens is 250 g/mol. The van der Waals surface area contributed by atoms with Crippen LogP contribution in [0.15, 0.2) is 18.2 Å². The van der Waals surface area contributed by atoms with Gasteiger partial charge in [-0.3, -0.25) is 0 Å². The van der Waals surface area contributed by atoms with Crippen molar-refractivity contribution in [2.75, 3.05) is 24.1 Å². The van der Waals surface area contributed by atoms with E-state index in [0.717, 1.165) is 25.9 Å². The van der Waals surface area contributed by atoms with Gasteiger partial charge < -0.3 is 16.0 Å². The van der Waals surface area contributed by atoms with E-state index in [4.69, 9.17) is 17.3 Å². The average Bonchev–Trinajstić information content (AvgIpc) is 2.34. The lowest BCUT2D eigenvalue weighted by atomic mass is 10.00. The van der Waals surface area contributed by atoms with Crippen molar-refractivity contribution in [3.05, 3.63) is 23.2 Å². The number of urea groups is 1. The fourth-order valence-electron chi connectivity index (χ4n) is 2.07. The Balaban J connectivity index is 2.03. The molecule has 1 saturated heterocycles. The molecule has 2 rings (SSSR count). The summed E-state index contributed by atoms with van der Waals surface area (Å²) >= 11 is 6.02. The van der Waals surface area contributed by atoms with Crippen LogP contribution in [-0.4, -0.2) is 24.0 Å². The Hall–Kier alpha value is -1.42. The van der Waals surface area contributed by atoms with Crippen LogP contribution in [0.2, 0.25) is 5.02 Å². The molecule has 1 aliphatic rings. The molecule has 0 saturated carbocycles. The highest BCUT2D eigenvalue weighted by Crippen LogP contribution is 2.28. The molecule has 5 heteroatoms. The third kappa shape index (κ3) is 2.88. The van der Waals surface area contributed by atoms with Crippen molar-refractivity contribution in [1.82, 2.24) is 4.90 Å². The molecule has 1 heterocycles. The molecule has 0 unspecified atom stereocenters. The first-order valence-corrected chi connectivity index (χ1v) is 6.55. The number of hydrogen-bond acceptors (Lipinski definition) is 2. The van der Waals surface area contributed by atoms with Crippen LogP contribution in [0.1, 0.15) is 19.8 Å². The number of para-hydroxylation sites is 1. The molecule has 0 atom stereocenters. The van der Waals surface area contributed by atoms with Crippen molar-refractivity contribution in [3.63, 3.8) is 0 Å². The van der Waals surface area contributed by atoms with Crippen molar-refractivity contribution in [3.8, 4) is 0 Å². The molecule has 1 fully saturated rings. The first kappa shape index (κ1) is 13.0. The molecule has 0 bridgehead atoms. The van der Waals surface area contributed by atoms with Crippen LogP contribution in [0.5, 0.6) is 0 Å². The number of nitrogens with one attached hydrogen (secondary N) is 1. The number of amides is 2. The first-order chi connectivity index (χ1) is 8.58. The predicted octanol–water partition coefficient (Wildman–Crippen LogP) is 3.19. The Morgan fingerprint density at radius 1 is 1.44 bits per heavy atom. The van der Waals surface area contributed by atoms with Gasteiger partial charge in [-0.2, -0.15) is 0 Å². The van der Waals surface area contributed by atoms with E-state index in [1.165, 1.54) is 0 Å². The molecule has 1 aliphatic heterocycles. The summed E-state index contributed by atoms with van der Waals surface area (Å²) in [6.07, 6.45) is 2.09. The van der Waals surface area contributed by atoms with E-state index in [-0.39, 0.29) is 6.03 Å². The maximum absolute atomic E-state index is 12.1. The number of carbonyl (C=O) groups is 1. The largest absolute Gasteiger partial charge is 0.397 e. The van der Waals surface area contributed by atoms with Gasteiger partial charge in [0, 0.05) is 13.1 Å². The maximum Gasteiger partial charge on any atom is 0.321 e. The van der Waals surface area contributed by atoms with Crippen LogP contribution < -0.4 is 11.1 Å². The summed E-state index contributed by atoms with van der Waals surface area (Å²) < 4.78 is 0. The zero-order valence-corrected chi connectivity index (χ0v) is 11.2. The van der Waals surface area contributed by atoms with Crippen molar-refractivity contribution in [2.45, 2.75) is 19.8 Å². The molecule has 1 aromatic carbocycles. The number of carbonyl (C=O) groups excluding carboxylic acids is 1. The number of likely N-dealkylation sites (tertiary alicyclic amines) is 1. The van der Waals surface area contributed by atoms with Crippen LogP contribution in [0.3, 0.4) is 0 Å². The lowest BCUT2D eigenvalue weighted by molar-refractivity contribution is 0.186. The van der Waals surface area contributed by atoms with Crippen LogP contribution >= 0.6 is 11.6 Å². The molecule has 0 spiro atoms. The second kappa shape index (κ2) is 5.48. The van der Waals surface area contributed by atoms with E-state index in [1.807, 2.05) is 4.90 Å². The number of hydrogen-bond donors (Lipinski definition) is 2. The van der Waals surface area contributed by atoms with Crippen LogP contribution in [0, 0.1) is 5.92 Å². The Morgan fingerprint density at radius 3 is 2.72 bits per heavy atom. The number of rotatable bonds is 1. The van der Waals surface area contributed by atoms with Gasteiger partial charge in [-0.05, 0) is 30.9 Å². The Bertz CT molecular complexity index is 422. The molecule has 1 aromatic rings. The quantitative estimate of drug-likeness (QED) is 0.768. The first-order valence-electron chi connectivity index (χ1n) is 6.18. The molecule has 98 valence electrons. The lowest BCUT2D eigenvalue weighted by Gasteiger charge is -2.30. The summed E-state index contributed by atoms with van der Waals surface area (Å²) in [4.78, 5) is 13.9. The number of nitrogens with two attached hydrogens (primary N) is 1. The van der Waals surface area contributed by atoms with E-state index in [9.17, 15) is 4.79 Å². The minimum Gasteiger partial charge on any atom is -0.397 e. The summed E-state index contributed by atoms with van der Waals surface area (Å²) in [5.74, 6) is 0.694. The van der Waals surface area contributed by atoms with Gasteiger partial charge in [0.05, 0.1) is 16.4 Å². The highest BCUT2D eigenvalue weighted by molar-refractivity contribution is 6.34. The number of nitrogen functional groups attached to an aromatic ring is 1. The average molecular weight is 268 g/mol. The Kier molecular flexibility index (Phi) is 3.97. The van der Waals surface area contributed by atoms with Crippen molar-refractivity contribution in [1.29, 1.82) is 0 Å². The molecule has 0 aliphatic carbocycles. The van der Waals surface area contributed by atoms with Crippen LogP contribution in [0.25, 0.3) is 0 Å². The van der Waals surface area contributed by atoms with Crippen molar-refractivity contribution in [2.24, 2.45) is 5.92 Å². The van der Waals surface area contributed by atoms with Crippen LogP contribution in [0.4, 0.5) is 16.2 Å². The highest BCUT2D eigenvalue weighted by atomic mass is 35.5. The predicted molar refractivity (Wildman–Crippen MR) is 74.9 cm³/mol. The summed E-state index contributed by atoms with van der Waals surface area (Å²) in [7, 11) is 0. The fourth-order valence-corrected chi connectivity index (χ4v) is 2.30. The smallest absolute Gasteiger partial charge is 0.321 e. The summed E-state index contributed by atoms with van der Waals surface area (Å²) in [5, 5.41) is 3.26. The van der Waals surface area contributed by atoms with E-state index in [2.05, 4.69) is 12.2 Å². The van der Waals surface area contributed by atoms with Gasteiger partial charge in [-0.15, -0.1) is 0 Å². The Labute approximate surface area is 112 Å². The van der Waals surface area contributed by atoms with Crippen molar-refractivity contribution < 1.29 is 4.79 Å². The standard InChI is InChI=1S/C13H18ClN3O/c1-9-5-7-17(8-6-9)13(18)16-12-10(14)3-2-4-11(12)15/h2-4,9H,5-8,15H2,1H3,(H,16,18). The topological polar surface area (TPSA) is 58.4 Å². The van der Waals surface area contributed by atoms with Gasteiger partial charge in [-0.25, -0.2) is 4.79 Å². The maximum atomic E-state index is 12.1. The van der Waals surface area contributed by atoms with Crippen molar-refractivity contribution >= 4 is 29.0 Å². The van der Waals surface area contributed by atoms with Gasteiger partial charge in [0.15, 0.2) is 0 Å². The highest BCUT2D eigenvalue weighted by Gasteiger charge is 2.21. The molecule has 4 nitrogen and oxygen atoms in total. The summed E-state index contributed by atoms with van der Waals surface area (Å²) in [6.45, 7) is 3.79. The SMILES string of the molecule is CC1CCN(C(=O)Nc2c(N)cccc2Cl)CC1. The zero-order valence-electron chi connectivity index (χ0n) is 10.4. The number of nitrogens with zero attached hydrogens (tertiary/aromatic N) is 1.